The van der Waals surface area contributed by atoms with Gasteiger partial charge in [-0.15, -0.1) is 0 Å². The molecular formula is C19H26N2O2. The molecule has 2 aliphatic rings. The molecule has 4 heteroatoms. The second kappa shape index (κ2) is 6.73. The van der Waals surface area contributed by atoms with Crippen molar-refractivity contribution in [1.82, 2.24) is 9.80 Å². The normalized spacial score (nSPS) is 25.0. The van der Waals surface area contributed by atoms with Crippen LogP contribution in [0.3, 0.4) is 0 Å². The van der Waals surface area contributed by atoms with Crippen molar-refractivity contribution in [3.8, 4) is 0 Å². The maximum absolute atomic E-state index is 12.6. The van der Waals surface area contributed by atoms with Crippen molar-refractivity contribution in [3.05, 3.63) is 35.9 Å². The number of carbonyl (C=O) groups is 2. The number of amides is 2. The van der Waals surface area contributed by atoms with Gasteiger partial charge in [0.05, 0.1) is 5.54 Å². The van der Waals surface area contributed by atoms with Crippen molar-refractivity contribution in [2.24, 2.45) is 0 Å². The number of likely N-dealkylation sites (tertiary alicyclic amines) is 2. The van der Waals surface area contributed by atoms with E-state index in [1.807, 2.05) is 35.0 Å². The second-order valence-electron chi connectivity index (χ2n) is 6.94. The Labute approximate surface area is 138 Å². The van der Waals surface area contributed by atoms with Crippen LogP contribution < -0.4 is 0 Å². The summed E-state index contributed by atoms with van der Waals surface area (Å²) in [6.45, 7) is 1.54. The molecule has 2 saturated heterocycles. The summed E-state index contributed by atoms with van der Waals surface area (Å²) in [5.74, 6) is 0.453. The van der Waals surface area contributed by atoms with Crippen LogP contribution in [0.25, 0.3) is 0 Å². The molecule has 1 atom stereocenters. The minimum absolute atomic E-state index is 0.115. The van der Waals surface area contributed by atoms with Gasteiger partial charge in [0.15, 0.2) is 0 Å². The van der Waals surface area contributed by atoms with Gasteiger partial charge in [-0.1, -0.05) is 30.3 Å². The van der Waals surface area contributed by atoms with Crippen LogP contribution in [0.1, 0.15) is 44.1 Å². The van der Waals surface area contributed by atoms with Crippen LogP contribution in [0.5, 0.6) is 0 Å². The lowest BCUT2D eigenvalue weighted by molar-refractivity contribution is -0.148. The van der Waals surface area contributed by atoms with Gasteiger partial charge in [0, 0.05) is 33.0 Å². The Bertz CT molecular complexity index is 568. The van der Waals surface area contributed by atoms with Crippen molar-refractivity contribution >= 4 is 11.8 Å². The highest BCUT2D eigenvalue weighted by molar-refractivity contribution is 5.79. The molecule has 2 heterocycles. The highest BCUT2D eigenvalue weighted by Crippen LogP contribution is 2.35. The summed E-state index contributed by atoms with van der Waals surface area (Å²) in [4.78, 5) is 28.6. The molecule has 2 fully saturated rings. The Morgan fingerprint density at radius 1 is 1.17 bits per heavy atom. The van der Waals surface area contributed by atoms with E-state index in [4.69, 9.17) is 0 Å². The lowest BCUT2D eigenvalue weighted by Crippen LogP contribution is -2.61. The first kappa shape index (κ1) is 16.0. The predicted molar refractivity (Wildman–Crippen MR) is 89.9 cm³/mol. The monoisotopic (exact) mass is 314 g/mol. The topological polar surface area (TPSA) is 40.6 Å². The highest BCUT2D eigenvalue weighted by atomic mass is 16.2. The molecule has 0 aromatic heterocycles. The van der Waals surface area contributed by atoms with E-state index in [-0.39, 0.29) is 17.4 Å². The predicted octanol–water partition coefficient (Wildman–Crippen LogP) is 2.62. The molecule has 0 aliphatic carbocycles. The van der Waals surface area contributed by atoms with E-state index in [1.165, 1.54) is 5.56 Å². The van der Waals surface area contributed by atoms with Gasteiger partial charge in [0.1, 0.15) is 0 Å². The van der Waals surface area contributed by atoms with E-state index in [0.29, 0.717) is 19.4 Å². The first-order valence-corrected chi connectivity index (χ1v) is 8.69. The van der Waals surface area contributed by atoms with Crippen LogP contribution in [-0.4, -0.2) is 47.3 Å². The zero-order chi connectivity index (χ0) is 16.3. The van der Waals surface area contributed by atoms with Crippen LogP contribution in [0, 0.1) is 0 Å². The number of nitrogens with zero attached hydrogens (tertiary/aromatic N) is 2. The Balaban J connectivity index is 1.61. The molecule has 3 rings (SSSR count). The van der Waals surface area contributed by atoms with E-state index in [0.717, 1.165) is 38.6 Å². The highest BCUT2D eigenvalue weighted by Gasteiger charge is 2.44. The molecule has 1 unspecified atom stereocenters. The first-order valence-electron chi connectivity index (χ1n) is 8.69. The fraction of sp³-hybridized carbons (Fsp3) is 0.579. The summed E-state index contributed by atoms with van der Waals surface area (Å²) in [5, 5.41) is 0. The number of carbonyl (C=O) groups excluding carboxylic acids is 2. The van der Waals surface area contributed by atoms with Gasteiger partial charge in [0.25, 0.3) is 0 Å². The zero-order valence-corrected chi connectivity index (χ0v) is 14.0. The van der Waals surface area contributed by atoms with E-state index >= 15 is 0 Å². The average molecular weight is 314 g/mol. The Morgan fingerprint density at radius 3 is 2.70 bits per heavy atom. The lowest BCUT2D eigenvalue weighted by atomic mass is 9.80. The quantitative estimate of drug-likeness (QED) is 0.860. The fourth-order valence-electron chi connectivity index (χ4n) is 4.03. The number of hydrogen-bond donors (Lipinski definition) is 0. The van der Waals surface area contributed by atoms with Gasteiger partial charge in [0.2, 0.25) is 11.8 Å². The third-order valence-electron chi connectivity index (χ3n) is 5.50. The minimum atomic E-state index is -0.115. The molecule has 0 saturated carbocycles. The van der Waals surface area contributed by atoms with Crippen molar-refractivity contribution in [2.75, 3.05) is 20.1 Å². The number of aryl methyl sites for hydroxylation is 1. The second-order valence-corrected chi connectivity index (χ2v) is 6.94. The summed E-state index contributed by atoms with van der Waals surface area (Å²) in [7, 11) is 1.92. The number of likely N-dealkylation sites (N-methyl/N-ethyl adjacent to an activating group) is 1. The van der Waals surface area contributed by atoms with Crippen LogP contribution in [0.4, 0.5) is 0 Å². The number of hydrogen-bond acceptors (Lipinski definition) is 2. The van der Waals surface area contributed by atoms with Crippen molar-refractivity contribution in [1.29, 1.82) is 0 Å². The summed E-state index contributed by atoms with van der Waals surface area (Å²) >= 11 is 0. The molecule has 1 aromatic carbocycles. The van der Waals surface area contributed by atoms with Gasteiger partial charge in [-0.2, -0.15) is 0 Å². The average Bonchev–Trinajstić information content (AvgIpc) is 2.59. The summed E-state index contributed by atoms with van der Waals surface area (Å²) in [6, 6.07) is 10.2. The smallest absolute Gasteiger partial charge is 0.222 e. The first-order chi connectivity index (χ1) is 11.1. The van der Waals surface area contributed by atoms with E-state index < -0.39 is 0 Å². The largest absolute Gasteiger partial charge is 0.340 e. The number of rotatable bonds is 3. The van der Waals surface area contributed by atoms with Gasteiger partial charge in [-0.3, -0.25) is 9.59 Å². The summed E-state index contributed by atoms with van der Waals surface area (Å²) in [5.41, 5.74) is 1.09. The molecular weight excluding hydrogens is 288 g/mol. The van der Waals surface area contributed by atoms with E-state index in [2.05, 4.69) is 12.1 Å². The third kappa shape index (κ3) is 3.41. The third-order valence-corrected chi connectivity index (χ3v) is 5.50. The van der Waals surface area contributed by atoms with Crippen LogP contribution in [-0.2, 0) is 16.0 Å². The molecule has 0 N–H and O–H groups in total. The number of benzene rings is 1. The van der Waals surface area contributed by atoms with Crippen molar-refractivity contribution in [3.63, 3.8) is 0 Å². The van der Waals surface area contributed by atoms with E-state index in [1.54, 1.807) is 0 Å². The van der Waals surface area contributed by atoms with Crippen LogP contribution in [0.2, 0.25) is 0 Å². The zero-order valence-electron chi connectivity index (χ0n) is 14.0. The van der Waals surface area contributed by atoms with E-state index in [9.17, 15) is 9.59 Å². The maximum Gasteiger partial charge on any atom is 0.222 e. The Hall–Kier alpha value is -1.84. The van der Waals surface area contributed by atoms with Gasteiger partial charge < -0.3 is 9.80 Å². The summed E-state index contributed by atoms with van der Waals surface area (Å²) < 4.78 is 0. The number of piperidine rings is 2. The van der Waals surface area contributed by atoms with Crippen molar-refractivity contribution < 1.29 is 9.59 Å². The molecule has 4 nitrogen and oxygen atoms in total. The lowest BCUT2D eigenvalue weighted by Gasteiger charge is -2.50. The fourth-order valence-corrected chi connectivity index (χ4v) is 4.03. The SMILES string of the molecule is CN1C(=O)CCCC12CCCN(C(=O)CCc1ccccc1)C2. The van der Waals surface area contributed by atoms with Gasteiger partial charge in [-0.25, -0.2) is 0 Å². The Kier molecular flexibility index (Phi) is 4.69. The molecule has 23 heavy (non-hydrogen) atoms. The molecule has 124 valence electrons. The molecule has 2 amide bonds. The van der Waals surface area contributed by atoms with Crippen molar-refractivity contribution in [2.45, 2.75) is 50.5 Å². The summed E-state index contributed by atoms with van der Waals surface area (Å²) in [6.07, 6.45) is 6.00. The Morgan fingerprint density at radius 2 is 1.91 bits per heavy atom. The van der Waals surface area contributed by atoms with Crippen LogP contribution in [0.15, 0.2) is 30.3 Å². The molecule has 1 spiro atoms. The minimum Gasteiger partial charge on any atom is -0.340 e. The van der Waals surface area contributed by atoms with Gasteiger partial charge in [-0.05, 0) is 37.7 Å². The molecule has 1 aromatic rings. The molecule has 2 aliphatic heterocycles. The maximum atomic E-state index is 12.6. The standard InChI is InChI=1S/C19H26N2O2/c1-20-17(22)9-5-12-19(20)13-6-14-21(15-19)18(23)11-10-16-7-3-2-4-8-16/h2-4,7-8H,5-6,9-15H2,1H3. The van der Waals surface area contributed by atoms with Gasteiger partial charge >= 0.3 is 0 Å². The molecule has 0 bridgehead atoms. The van der Waals surface area contributed by atoms with Crippen LogP contribution >= 0.6 is 0 Å². The molecule has 0 radical (unpaired) electrons.